The number of aromatic nitrogens is 1. The van der Waals surface area contributed by atoms with E-state index in [-0.39, 0.29) is 5.91 Å². The Hall–Kier alpha value is -1.42. The van der Waals surface area contributed by atoms with Gasteiger partial charge in [-0.15, -0.1) is 0 Å². The Morgan fingerprint density at radius 1 is 1.37 bits per heavy atom. The van der Waals surface area contributed by atoms with Crippen molar-refractivity contribution in [1.82, 2.24) is 9.88 Å². The molecule has 0 unspecified atom stereocenters. The van der Waals surface area contributed by atoms with Crippen LogP contribution in [0.3, 0.4) is 0 Å². The Morgan fingerprint density at radius 3 is 2.79 bits per heavy atom. The summed E-state index contributed by atoms with van der Waals surface area (Å²) in [4.78, 5) is 18.5. The Morgan fingerprint density at radius 2 is 2.16 bits per heavy atom. The molecule has 0 aromatic carbocycles. The van der Waals surface area contributed by atoms with Gasteiger partial charge in [0.1, 0.15) is 5.69 Å². The molecule has 104 valence electrons. The molecule has 0 aliphatic carbocycles. The lowest BCUT2D eigenvalue weighted by molar-refractivity contribution is 0.0751. The predicted molar refractivity (Wildman–Crippen MR) is 75.7 cm³/mol. The van der Waals surface area contributed by atoms with Crippen molar-refractivity contribution in [2.24, 2.45) is 11.1 Å². The summed E-state index contributed by atoms with van der Waals surface area (Å²) >= 11 is 0. The SMILES string of the molecule is CC1(C)CCCN(C(=O)c2ccc(CN)cn2)CC1. The smallest absolute Gasteiger partial charge is 0.272 e. The average molecular weight is 261 g/mol. The van der Waals surface area contributed by atoms with Gasteiger partial charge in [-0.05, 0) is 36.3 Å². The van der Waals surface area contributed by atoms with E-state index < -0.39 is 0 Å². The van der Waals surface area contributed by atoms with Gasteiger partial charge in [0.15, 0.2) is 0 Å². The zero-order valence-corrected chi connectivity index (χ0v) is 11.9. The summed E-state index contributed by atoms with van der Waals surface area (Å²) in [5.41, 5.74) is 7.35. The van der Waals surface area contributed by atoms with E-state index in [2.05, 4.69) is 18.8 Å². The minimum atomic E-state index is 0.0428. The summed E-state index contributed by atoms with van der Waals surface area (Å²) in [5, 5.41) is 0. The van der Waals surface area contributed by atoms with Crippen LogP contribution in [0.1, 0.15) is 49.2 Å². The summed E-state index contributed by atoms with van der Waals surface area (Å²) in [7, 11) is 0. The molecule has 1 aliphatic rings. The fourth-order valence-corrected chi connectivity index (χ4v) is 2.46. The van der Waals surface area contributed by atoms with E-state index in [4.69, 9.17) is 5.73 Å². The maximum absolute atomic E-state index is 12.4. The summed E-state index contributed by atoms with van der Waals surface area (Å²) in [6.45, 7) is 6.67. The summed E-state index contributed by atoms with van der Waals surface area (Å²) in [6.07, 6.45) is 4.99. The van der Waals surface area contributed by atoms with E-state index in [1.807, 2.05) is 11.0 Å². The van der Waals surface area contributed by atoms with Crippen LogP contribution in [0.15, 0.2) is 18.3 Å². The van der Waals surface area contributed by atoms with Gasteiger partial charge in [-0.2, -0.15) is 0 Å². The van der Waals surface area contributed by atoms with Crippen LogP contribution in [-0.4, -0.2) is 28.9 Å². The second-order valence-corrected chi connectivity index (χ2v) is 6.07. The molecule has 1 aromatic heterocycles. The fraction of sp³-hybridized carbons (Fsp3) is 0.600. The summed E-state index contributed by atoms with van der Waals surface area (Å²) < 4.78 is 0. The van der Waals surface area contributed by atoms with Crippen molar-refractivity contribution < 1.29 is 4.79 Å². The van der Waals surface area contributed by atoms with Gasteiger partial charge < -0.3 is 10.6 Å². The van der Waals surface area contributed by atoms with Crippen LogP contribution in [0.4, 0.5) is 0 Å². The average Bonchev–Trinajstić information content (AvgIpc) is 2.59. The molecule has 0 radical (unpaired) electrons. The number of amides is 1. The topological polar surface area (TPSA) is 59.2 Å². The first-order chi connectivity index (χ1) is 9.02. The molecule has 4 nitrogen and oxygen atoms in total. The molecule has 1 amide bonds. The molecule has 4 heteroatoms. The molecule has 1 fully saturated rings. The first kappa shape index (κ1) is 14.0. The first-order valence-electron chi connectivity index (χ1n) is 6.96. The van der Waals surface area contributed by atoms with Gasteiger partial charge in [0, 0.05) is 25.8 Å². The van der Waals surface area contributed by atoms with Gasteiger partial charge in [-0.3, -0.25) is 9.78 Å². The molecule has 0 atom stereocenters. The van der Waals surface area contributed by atoms with Crippen molar-refractivity contribution >= 4 is 5.91 Å². The van der Waals surface area contributed by atoms with E-state index in [0.717, 1.165) is 31.5 Å². The van der Waals surface area contributed by atoms with Crippen molar-refractivity contribution in [2.45, 2.75) is 39.7 Å². The third kappa shape index (κ3) is 3.53. The maximum Gasteiger partial charge on any atom is 0.272 e. The molecular formula is C15H23N3O. The van der Waals surface area contributed by atoms with Gasteiger partial charge in [-0.1, -0.05) is 19.9 Å². The third-order valence-electron chi connectivity index (χ3n) is 3.91. The van der Waals surface area contributed by atoms with Crippen LogP contribution in [0, 0.1) is 5.41 Å². The molecular weight excluding hydrogens is 238 g/mol. The number of pyridine rings is 1. The zero-order valence-electron chi connectivity index (χ0n) is 11.9. The second-order valence-electron chi connectivity index (χ2n) is 6.07. The van der Waals surface area contributed by atoms with Crippen LogP contribution >= 0.6 is 0 Å². The Kier molecular flexibility index (Phi) is 4.20. The van der Waals surface area contributed by atoms with Crippen LogP contribution in [0.5, 0.6) is 0 Å². The van der Waals surface area contributed by atoms with Gasteiger partial charge >= 0.3 is 0 Å². The van der Waals surface area contributed by atoms with Gasteiger partial charge in [0.2, 0.25) is 0 Å². The van der Waals surface area contributed by atoms with Gasteiger partial charge in [0.05, 0.1) is 0 Å². The number of carbonyl (C=O) groups is 1. The lowest BCUT2D eigenvalue weighted by atomic mass is 9.85. The largest absolute Gasteiger partial charge is 0.337 e. The molecule has 1 aliphatic heterocycles. The highest BCUT2D eigenvalue weighted by atomic mass is 16.2. The van der Waals surface area contributed by atoms with E-state index in [1.54, 1.807) is 12.3 Å². The fourth-order valence-electron chi connectivity index (χ4n) is 2.46. The highest BCUT2D eigenvalue weighted by Crippen LogP contribution is 2.30. The number of nitrogens with zero attached hydrogens (tertiary/aromatic N) is 2. The summed E-state index contributed by atoms with van der Waals surface area (Å²) in [6, 6.07) is 3.66. The standard InChI is InChI=1S/C15H23N3O/c1-15(2)6-3-8-18(9-7-15)14(19)13-5-4-12(10-16)11-17-13/h4-5,11H,3,6-10,16H2,1-2H3. The van der Waals surface area contributed by atoms with E-state index in [1.165, 1.54) is 6.42 Å². The second kappa shape index (κ2) is 5.70. The Labute approximate surface area is 115 Å². The molecule has 2 heterocycles. The number of rotatable bonds is 2. The Bertz CT molecular complexity index is 439. The van der Waals surface area contributed by atoms with Crippen molar-refractivity contribution in [3.05, 3.63) is 29.6 Å². The number of nitrogens with two attached hydrogens (primary N) is 1. The number of carbonyl (C=O) groups excluding carboxylic acids is 1. The van der Waals surface area contributed by atoms with Gasteiger partial charge in [0.25, 0.3) is 5.91 Å². The zero-order chi connectivity index (χ0) is 13.9. The lowest BCUT2D eigenvalue weighted by Gasteiger charge is -2.23. The molecule has 0 spiro atoms. The van der Waals surface area contributed by atoms with Crippen LogP contribution in [0.25, 0.3) is 0 Å². The highest BCUT2D eigenvalue weighted by molar-refractivity contribution is 5.92. The van der Waals surface area contributed by atoms with Crippen LogP contribution < -0.4 is 5.73 Å². The minimum Gasteiger partial charge on any atom is -0.337 e. The number of likely N-dealkylation sites (tertiary alicyclic amines) is 1. The first-order valence-corrected chi connectivity index (χ1v) is 6.96. The van der Waals surface area contributed by atoms with Gasteiger partial charge in [-0.25, -0.2) is 0 Å². The number of hydrogen-bond acceptors (Lipinski definition) is 3. The monoisotopic (exact) mass is 261 g/mol. The summed E-state index contributed by atoms with van der Waals surface area (Å²) in [5.74, 6) is 0.0428. The van der Waals surface area contributed by atoms with E-state index >= 15 is 0 Å². The number of hydrogen-bond donors (Lipinski definition) is 1. The lowest BCUT2D eigenvalue weighted by Crippen LogP contribution is -2.33. The Balaban J connectivity index is 2.06. The molecule has 0 saturated carbocycles. The van der Waals surface area contributed by atoms with Crippen molar-refractivity contribution in [2.75, 3.05) is 13.1 Å². The van der Waals surface area contributed by atoms with E-state index in [9.17, 15) is 4.79 Å². The van der Waals surface area contributed by atoms with Crippen LogP contribution in [-0.2, 0) is 6.54 Å². The van der Waals surface area contributed by atoms with Crippen LogP contribution in [0.2, 0.25) is 0 Å². The molecule has 0 bridgehead atoms. The normalized spacial score (nSPS) is 19.0. The molecule has 19 heavy (non-hydrogen) atoms. The quantitative estimate of drug-likeness (QED) is 0.887. The predicted octanol–water partition coefficient (Wildman–Crippen LogP) is 2.19. The molecule has 2 rings (SSSR count). The van der Waals surface area contributed by atoms with Crippen molar-refractivity contribution in [1.29, 1.82) is 0 Å². The van der Waals surface area contributed by atoms with Crippen molar-refractivity contribution in [3.63, 3.8) is 0 Å². The maximum atomic E-state index is 12.4. The molecule has 1 saturated heterocycles. The molecule has 1 aromatic rings. The van der Waals surface area contributed by atoms with E-state index in [0.29, 0.717) is 17.7 Å². The molecule has 2 N–H and O–H groups in total. The van der Waals surface area contributed by atoms with Crippen molar-refractivity contribution in [3.8, 4) is 0 Å². The highest BCUT2D eigenvalue weighted by Gasteiger charge is 2.26. The third-order valence-corrected chi connectivity index (χ3v) is 3.91. The minimum absolute atomic E-state index is 0.0428.